The van der Waals surface area contributed by atoms with Crippen LogP contribution in [0.5, 0.6) is 5.75 Å². The fourth-order valence-corrected chi connectivity index (χ4v) is 4.28. The minimum absolute atomic E-state index is 0.0178. The Morgan fingerprint density at radius 1 is 1.16 bits per heavy atom. The summed E-state index contributed by atoms with van der Waals surface area (Å²) < 4.78 is 32.8. The summed E-state index contributed by atoms with van der Waals surface area (Å²) in [5, 5.41) is 0. The molecule has 7 heteroatoms. The molecule has 2 heterocycles. The first-order valence-electron chi connectivity index (χ1n) is 8.14. The average molecular weight is 360 g/mol. The number of pyridine rings is 1. The molecule has 0 saturated carbocycles. The summed E-state index contributed by atoms with van der Waals surface area (Å²) in [6.07, 6.45) is 4.56. The van der Waals surface area contributed by atoms with Crippen molar-refractivity contribution in [3.63, 3.8) is 0 Å². The molecule has 25 heavy (non-hydrogen) atoms. The average Bonchev–Trinajstić information content (AvgIpc) is 2.63. The highest BCUT2D eigenvalue weighted by Crippen LogP contribution is 2.23. The molecule has 1 saturated heterocycles. The number of ketones is 1. The van der Waals surface area contributed by atoms with Crippen molar-refractivity contribution < 1.29 is 17.9 Å². The van der Waals surface area contributed by atoms with Gasteiger partial charge in [-0.15, -0.1) is 0 Å². The molecule has 0 spiro atoms. The third kappa shape index (κ3) is 4.05. The van der Waals surface area contributed by atoms with E-state index in [2.05, 4.69) is 4.98 Å². The molecule has 1 aromatic carbocycles. The minimum Gasteiger partial charge on any atom is -0.489 e. The highest BCUT2D eigenvalue weighted by molar-refractivity contribution is 7.89. The molecule has 1 fully saturated rings. The lowest BCUT2D eigenvalue weighted by Gasteiger charge is -2.31. The van der Waals surface area contributed by atoms with E-state index in [-0.39, 0.29) is 16.8 Å². The first kappa shape index (κ1) is 17.6. The third-order valence-electron chi connectivity index (χ3n) is 4.24. The van der Waals surface area contributed by atoms with E-state index in [0.29, 0.717) is 37.2 Å². The van der Waals surface area contributed by atoms with Gasteiger partial charge in [-0.05, 0) is 44.0 Å². The number of nitrogens with zero attached hydrogens (tertiary/aromatic N) is 2. The monoisotopic (exact) mass is 360 g/mol. The summed E-state index contributed by atoms with van der Waals surface area (Å²) >= 11 is 0. The maximum absolute atomic E-state index is 12.7. The number of sulfonamides is 1. The van der Waals surface area contributed by atoms with Crippen LogP contribution in [0.4, 0.5) is 0 Å². The fraction of sp³-hybridized carbons (Fsp3) is 0.333. The van der Waals surface area contributed by atoms with Gasteiger partial charge in [-0.25, -0.2) is 8.42 Å². The zero-order valence-corrected chi connectivity index (χ0v) is 14.8. The number of carbonyl (C=O) groups excluding carboxylic acids is 1. The molecule has 3 rings (SSSR count). The minimum atomic E-state index is -3.55. The number of ether oxygens (including phenoxy) is 1. The quantitative estimate of drug-likeness (QED) is 0.766. The van der Waals surface area contributed by atoms with Crippen LogP contribution in [-0.4, -0.2) is 42.7 Å². The summed E-state index contributed by atoms with van der Waals surface area (Å²) in [5.74, 6) is 0.612. The number of hydrogen-bond acceptors (Lipinski definition) is 5. The zero-order valence-electron chi connectivity index (χ0n) is 14.0. The van der Waals surface area contributed by atoms with Gasteiger partial charge in [-0.3, -0.25) is 9.78 Å². The summed E-state index contributed by atoms with van der Waals surface area (Å²) in [6, 6.07) is 9.72. The Morgan fingerprint density at radius 2 is 1.84 bits per heavy atom. The molecule has 1 aromatic heterocycles. The van der Waals surface area contributed by atoms with Crippen LogP contribution >= 0.6 is 0 Å². The van der Waals surface area contributed by atoms with Gasteiger partial charge in [0.25, 0.3) is 0 Å². The lowest BCUT2D eigenvalue weighted by atomic mass is 10.1. The summed E-state index contributed by atoms with van der Waals surface area (Å²) in [4.78, 5) is 15.5. The van der Waals surface area contributed by atoms with Crippen molar-refractivity contribution in [1.82, 2.24) is 9.29 Å². The Balaban J connectivity index is 1.64. The molecule has 0 aliphatic carbocycles. The molecule has 132 valence electrons. The van der Waals surface area contributed by atoms with E-state index < -0.39 is 10.0 Å². The standard InChI is InChI=1S/C18H20N2O4S/c1-14(21)15-4-6-18(7-5-15)25(22,23)20-11-8-16(9-12-20)24-17-3-2-10-19-13-17/h2-7,10,13,16H,8-9,11-12H2,1H3. The van der Waals surface area contributed by atoms with Crippen molar-refractivity contribution in [1.29, 1.82) is 0 Å². The second kappa shape index (κ2) is 7.33. The fourth-order valence-electron chi connectivity index (χ4n) is 2.81. The molecule has 1 aliphatic rings. The van der Waals surface area contributed by atoms with E-state index >= 15 is 0 Å². The maximum atomic E-state index is 12.7. The molecule has 0 N–H and O–H groups in total. The van der Waals surface area contributed by atoms with Crippen molar-refractivity contribution in [2.75, 3.05) is 13.1 Å². The van der Waals surface area contributed by atoms with Crippen LogP contribution in [0.15, 0.2) is 53.7 Å². The smallest absolute Gasteiger partial charge is 0.243 e. The maximum Gasteiger partial charge on any atom is 0.243 e. The Labute approximate surface area is 147 Å². The van der Waals surface area contributed by atoms with Gasteiger partial charge in [0, 0.05) is 24.8 Å². The molecule has 6 nitrogen and oxygen atoms in total. The largest absolute Gasteiger partial charge is 0.489 e. The zero-order chi connectivity index (χ0) is 17.9. The van der Waals surface area contributed by atoms with Crippen molar-refractivity contribution in [3.8, 4) is 5.75 Å². The van der Waals surface area contributed by atoms with Gasteiger partial charge in [0.2, 0.25) is 10.0 Å². The molecule has 1 aliphatic heterocycles. The third-order valence-corrected chi connectivity index (χ3v) is 6.15. The van der Waals surface area contributed by atoms with E-state index in [1.54, 1.807) is 30.6 Å². The van der Waals surface area contributed by atoms with Gasteiger partial charge < -0.3 is 4.74 Å². The first-order chi connectivity index (χ1) is 12.0. The Morgan fingerprint density at radius 3 is 2.40 bits per heavy atom. The van der Waals surface area contributed by atoms with E-state index in [1.165, 1.54) is 23.4 Å². The van der Waals surface area contributed by atoms with Gasteiger partial charge >= 0.3 is 0 Å². The highest BCUT2D eigenvalue weighted by atomic mass is 32.2. The van der Waals surface area contributed by atoms with Gasteiger partial charge in [-0.2, -0.15) is 4.31 Å². The molecule has 0 amide bonds. The van der Waals surface area contributed by atoms with Crippen LogP contribution in [0.2, 0.25) is 0 Å². The van der Waals surface area contributed by atoms with E-state index in [0.717, 1.165) is 0 Å². The predicted octanol–water partition coefficient (Wildman–Crippen LogP) is 2.52. The lowest BCUT2D eigenvalue weighted by molar-refractivity contribution is 0.101. The van der Waals surface area contributed by atoms with Gasteiger partial charge in [0.1, 0.15) is 11.9 Å². The number of benzene rings is 1. The van der Waals surface area contributed by atoms with Crippen molar-refractivity contribution >= 4 is 15.8 Å². The van der Waals surface area contributed by atoms with E-state index in [1.807, 2.05) is 6.07 Å². The molecule has 0 unspecified atom stereocenters. The Hall–Kier alpha value is -2.25. The molecular weight excluding hydrogens is 340 g/mol. The number of carbonyl (C=O) groups is 1. The Kier molecular flexibility index (Phi) is 5.15. The van der Waals surface area contributed by atoms with Crippen molar-refractivity contribution in [3.05, 3.63) is 54.4 Å². The van der Waals surface area contributed by atoms with Crippen LogP contribution in [-0.2, 0) is 10.0 Å². The van der Waals surface area contributed by atoms with E-state index in [4.69, 9.17) is 4.74 Å². The lowest BCUT2D eigenvalue weighted by Crippen LogP contribution is -2.41. The van der Waals surface area contributed by atoms with Crippen LogP contribution in [0, 0.1) is 0 Å². The summed E-state index contributed by atoms with van der Waals surface area (Å²) in [6.45, 7) is 2.26. The number of Topliss-reactive ketones (excluding diaryl/α,β-unsaturated/α-hetero) is 1. The van der Waals surface area contributed by atoms with Gasteiger partial charge in [0.15, 0.2) is 5.78 Å². The molecule has 0 radical (unpaired) electrons. The topological polar surface area (TPSA) is 76.6 Å². The molecular formula is C18H20N2O4S. The SMILES string of the molecule is CC(=O)c1ccc(S(=O)(=O)N2CCC(Oc3cccnc3)CC2)cc1. The molecule has 0 atom stereocenters. The van der Waals surface area contributed by atoms with Crippen LogP contribution in [0.25, 0.3) is 0 Å². The van der Waals surface area contributed by atoms with Gasteiger partial charge in [-0.1, -0.05) is 12.1 Å². The highest BCUT2D eigenvalue weighted by Gasteiger charge is 2.30. The van der Waals surface area contributed by atoms with Gasteiger partial charge in [0.05, 0.1) is 11.1 Å². The number of hydrogen-bond donors (Lipinski definition) is 0. The number of rotatable bonds is 5. The first-order valence-corrected chi connectivity index (χ1v) is 9.58. The predicted molar refractivity (Wildman–Crippen MR) is 93.1 cm³/mol. The number of piperidine rings is 1. The molecule has 2 aromatic rings. The van der Waals surface area contributed by atoms with Crippen molar-refractivity contribution in [2.24, 2.45) is 0 Å². The van der Waals surface area contributed by atoms with E-state index in [9.17, 15) is 13.2 Å². The van der Waals surface area contributed by atoms with Crippen LogP contribution < -0.4 is 4.74 Å². The molecule has 0 bridgehead atoms. The summed E-state index contributed by atoms with van der Waals surface area (Å²) in [7, 11) is -3.55. The normalized spacial score (nSPS) is 16.5. The summed E-state index contributed by atoms with van der Waals surface area (Å²) in [5.41, 5.74) is 0.502. The van der Waals surface area contributed by atoms with Crippen LogP contribution in [0.3, 0.4) is 0 Å². The second-order valence-corrected chi connectivity index (χ2v) is 7.93. The number of aromatic nitrogens is 1. The van der Waals surface area contributed by atoms with Crippen LogP contribution in [0.1, 0.15) is 30.1 Å². The second-order valence-electron chi connectivity index (χ2n) is 5.99. The Bertz CT molecular complexity index is 827. The van der Waals surface area contributed by atoms with Crippen molar-refractivity contribution in [2.45, 2.75) is 30.8 Å².